The molecule has 6 nitrogen and oxygen atoms in total. The van der Waals surface area contributed by atoms with E-state index in [1.54, 1.807) is 12.1 Å². The molecule has 8 heteroatoms. The van der Waals surface area contributed by atoms with Gasteiger partial charge in [-0.05, 0) is 24.6 Å². The summed E-state index contributed by atoms with van der Waals surface area (Å²) in [7, 11) is 0. The van der Waals surface area contributed by atoms with Crippen molar-refractivity contribution in [2.45, 2.75) is 19.1 Å². The lowest BCUT2D eigenvalue weighted by Crippen LogP contribution is -2.40. The van der Waals surface area contributed by atoms with E-state index >= 15 is 0 Å². The summed E-state index contributed by atoms with van der Waals surface area (Å²) in [5.74, 6) is -0.616. The summed E-state index contributed by atoms with van der Waals surface area (Å²) in [4.78, 5) is 27.7. The van der Waals surface area contributed by atoms with Crippen LogP contribution in [0, 0.1) is 0 Å². The second kappa shape index (κ2) is 6.15. The van der Waals surface area contributed by atoms with E-state index in [0.29, 0.717) is 29.4 Å². The summed E-state index contributed by atoms with van der Waals surface area (Å²) < 4.78 is 28.7. The normalized spacial score (nSPS) is 17.3. The van der Waals surface area contributed by atoms with Crippen LogP contribution in [0.3, 0.4) is 0 Å². The lowest BCUT2D eigenvalue weighted by atomic mass is 10.1. The standard InChI is InChI=1S/C15H13F2N3O3/c16-15(17)23-10-2-1-8-5-9(7-19-12(8)6-10)13(21)20-11-3-4-18-14(11)22/h1-2,5-7,11,15H,3-4H2,(H,18,22)(H,20,21)/t11-/m0/s1. The molecule has 0 radical (unpaired) electrons. The molecule has 1 saturated heterocycles. The van der Waals surface area contributed by atoms with Crippen LogP contribution in [0.25, 0.3) is 10.9 Å². The number of ether oxygens (including phenoxy) is 1. The summed E-state index contributed by atoms with van der Waals surface area (Å²) in [5, 5.41) is 5.87. The van der Waals surface area contributed by atoms with E-state index in [4.69, 9.17) is 0 Å². The molecule has 2 aromatic rings. The Morgan fingerprint density at radius 2 is 2.22 bits per heavy atom. The smallest absolute Gasteiger partial charge is 0.387 e. The first-order valence-electron chi connectivity index (χ1n) is 6.96. The van der Waals surface area contributed by atoms with Crippen LogP contribution in [0.5, 0.6) is 5.75 Å². The highest BCUT2D eigenvalue weighted by molar-refractivity contribution is 6.00. The van der Waals surface area contributed by atoms with Crippen LogP contribution in [0.2, 0.25) is 0 Å². The monoisotopic (exact) mass is 321 g/mol. The first-order chi connectivity index (χ1) is 11.0. The fourth-order valence-electron chi connectivity index (χ4n) is 2.37. The second-order valence-corrected chi connectivity index (χ2v) is 5.06. The Balaban J connectivity index is 1.79. The Morgan fingerprint density at radius 3 is 2.91 bits per heavy atom. The van der Waals surface area contributed by atoms with Crippen LogP contribution in [0.15, 0.2) is 30.5 Å². The fraction of sp³-hybridized carbons (Fsp3) is 0.267. The third-order valence-corrected chi connectivity index (χ3v) is 3.50. The van der Waals surface area contributed by atoms with E-state index in [2.05, 4.69) is 20.4 Å². The number of aromatic nitrogens is 1. The van der Waals surface area contributed by atoms with Crippen LogP contribution in [-0.4, -0.2) is 36.0 Å². The van der Waals surface area contributed by atoms with E-state index < -0.39 is 18.6 Å². The summed E-state index contributed by atoms with van der Waals surface area (Å²) in [5.41, 5.74) is 0.720. The number of halogens is 2. The van der Waals surface area contributed by atoms with Crippen molar-refractivity contribution in [3.63, 3.8) is 0 Å². The molecule has 2 amide bonds. The van der Waals surface area contributed by atoms with Crippen molar-refractivity contribution in [2.75, 3.05) is 6.54 Å². The second-order valence-electron chi connectivity index (χ2n) is 5.06. The summed E-state index contributed by atoms with van der Waals surface area (Å²) >= 11 is 0. The molecule has 3 rings (SSSR count). The van der Waals surface area contributed by atoms with Gasteiger partial charge in [0.25, 0.3) is 5.91 Å². The van der Waals surface area contributed by atoms with Crippen molar-refractivity contribution in [2.24, 2.45) is 0 Å². The summed E-state index contributed by atoms with van der Waals surface area (Å²) in [6.07, 6.45) is 1.87. The van der Waals surface area contributed by atoms with Gasteiger partial charge in [0.2, 0.25) is 5.91 Å². The van der Waals surface area contributed by atoms with Crippen molar-refractivity contribution in [3.05, 3.63) is 36.0 Å². The van der Waals surface area contributed by atoms with Gasteiger partial charge >= 0.3 is 6.61 Å². The third kappa shape index (κ3) is 3.36. The Kier molecular flexibility index (Phi) is 4.05. The first-order valence-corrected chi connectivity index (χ1v) is 6.96. The van der Waals surface area contributed by atoms with Crippen LogP contribution < -0.4 is 15.4 Å². The number of carbonyl (C=O) groups is 2. The zero-order valence-corrected chi connectivity index (χ0v) is 11.9. The highest BCUT2D eigenvalue weighted by Gasteiger charge is 2.26. The Labute approximate surface area is 129 Å². The number of amides is 2. The van der Waals surface area contributed by atoms with Crippen LogP contribution in [0.4, 0.5) is 8.78 Å². The maximum absolute atomic E-state index is 12.2. The average molecular weight is 321 g/mol. The van der Waals surface area contributed by atoms with Gasteiger partial charge in [-0.3, -0.25) is 14.6 Å². The van der Waals surface area contributed by atoms with Gasteiger partial charge in [0, 0.05) is 24.2 Å². The number of nitrogens with zero attached hydrogens (tertiary/aromatic N) is 1. The highest BCUT2D eigenvalue weighted by atomic mass is 19.3. The van der Waals surface area contributed by atoms with Crippen LogP contribution in [0.1, 0.15) is 16.8 Å². The number of alkyl halides is 2. The molecule has 1 aromatic heterocycles. The molecule has 23 heavy (non-hydrogen) atoms. The van der Waals surface area contributed by atoms with Gasteiger partial charge in [-0.25, -0.2) is 0 Å². The van der Waals surface area contributed by atoms with Gasteiger partial charge in [0.15, 0.2) is 0 Å². The van der Waals surface area contributed by atoms with Gasteiger partial charge in [0.05, 0.1) is 11.1 Å². The van der Waals surface area contributed by atoms with E-state index in [0.717, 1.165) is 0 Å². The minimum Gasteiger partial charge on any atom is -0.435 e. The molecule has 0 bridgehead atoms. The molecule has 0 spiro atoms. The van der Waals surface area contributed by atoms with E-state index in [-0.39, 0.29) is 11.7 Å². The van der Waals surface area contributed by atoms with Gasteiger partial charge in [0.1, 0.15) is 11.8 Å². The number of pyridine rings is 1. The van der Waals surface area contributed by atoms with Crippen molar-refractivity contribution in [1.82, 2.24) is 15.6 Å². The Hall–Kier alpha value is -2.77. The van der Waals surface area contributed by atoms with Crippen molar-refractivity contribution < 1.29 is 23.1 Å². The van der Waals surface area contributed by atoms with E-state index in [9.17, 15) is 18.4 Å². The number of nitrogens with one attached hydrogen (secondary N) is 2. The predicted octanol–water partition coefficient (Wildman–Crippen LogP) is 1.45. The van der Waals surface area contributed by atoms with Crippen LogP contribution in [-0.2, 0) is 4.79 Å². The zero-order chi connectivity index (χ0) is 16.4. The maximum atomic E-state index is 12.2. The predicted molar refractivity (Wildman–Crippen MR) is 77.3 cm³/mol. The Morgan fingerprint density at radius 1 is 1.39 bits per heavy atom. The van der Waals surface area contributed by atoms with Gasteiger partial charge in [-0.1, -0.05) is 0 Å². The molecule has 1 aliphatic heterocycles. The largest absolute Gasteiger partial charge is 0.435 e. The SMILES string of the molecule is O=C(N[C@H]1CCNC1=O)c1cnc2cc(OC(F)F)ccc2c1. The van der Waals surface area contributed by atoms with Crippen molar-refractivity contribution in [1.29, 1.82) is 0 Å². The molecular weight excluding hydrogens is 308 g/mol. The molecule has 2 N–H and O–H groups in total. The van der Waals surface area contributed by atoms with Gasteiger partial charge < -0.3 is 15.4 Å². The van der Waals surface area contributed by atoms with Gasteiger partial charge in [-0.15, -0.1) is 0 Å². The number of hydrogen-bond acceptors (Lipinski definition) is 4. The lowest BCUT2D eigenvalue weighted by molar-refractivity contribution is -0.120. The highest BCUT2D eigenvalue weighted by Crippen LogP contribution is 2.21. The van der Waals surface area contributed by atoms with E-state index in [1.807, 2.05) is 0 Å². The lowest BCUT2D eigenvalue weighted by Gasteiger charge is -2.10. The quantitative estimate of drug-likeness (QED) is 0.893. The van der Waals surface area contributed by atoms with Crippen LogP contribution >= 0.6 is 0 Å². The fourth-order valence-corrected chi connectivity index (χ4v) is 2.37. The maximum Gasteiger partial charge on any atom is 0.387 e. The molecule has 1 aromatic carbocycles. The molecule has 1 atom stereocenters. The Bertz CT molecular complexity index is 767. The number of carbonyl (C=O) groups excluding carboxylic acids is 2. The minimum atomic E-state index is -2.91. The van der Waals surface area contributed by atoms with E-state index in [1.165, 1.54) is 18.3 Å². The van der Waals surface area contributed by atoms with Crippen molar-refractivity contribution in [3.8, 4) is 5.75 Å². The number of hydrogen-bond donors (Lipinski definition) is 2. The molecule has 2 heterocycles. The first kappa shape index (κ1) is 15.1. The number of rotatable bonds is 4. The molecule has 0 aliphatic carbocycles. The summed E-state index contributed by atoms with van der Waals surface area (Å²) in [6, 6.07) is 5.33. The number of fused-ring (bicyclic) bond motifs is 1. The summed E-state index contributed by atoms with van der Waals surface area (Å²) in [6.45, 7) is -2.37. The molecule has 120 valence electrons. The molecule has 0 saturated carbocycles. The number of benzene rings is 1. The molecular formula is C15H13F2N3O3. The third-order valence-electron chi connectivity index (χ3n) is 3.50. The van der Waals surface area contributed by atoms with Gasteiger partial charge in [-0.2, -0.15) is 8.78 Å². The van der Waals surface area contributed by atoms with Crippen molar-refractivity contribution >= 4 is 22.7 Å². The molecule has 1 aliphatic rings. The zero-order valence-electron chi connectivity index (χ0n) is 11.9. The average Bonchev–Trinajstić information content (AvgIpc) is 2.91. The molecule has 1 fully saturated rings. The molecule has 0 unspecified atom stereocenters. The minimum absolute atomic E-state index is 0.000159. The topological polar surface area (TPSA) is 80.3 Å².